The van der Waals surface area contributed by atoms with Crippen LogP contribution in [-0.2, 0) is 13.0 Å². The van der Waals surface area contributed by atoms with Crippen LogP contribution >= 0.6 is 15.9 Å². The first-order chi connectivity index (χ1) is 9.20. The summed E-state index contributed by atoms with van der Waals surface area (Å²) in [5.74, 6) is 0.903. The molecule has 100 valence electrons. The van der Waals surface area contributed by atoms with Gasteiger partial charge in [0.2, 0.25) is 0 Å². The molecule has 2 aromatic rings. The maximum atomic E-state index is 5.90. The quantitative estimate of drug-likeness (QED) is 0.920. The molecule has 0 aliphatic heterocycles. The van der Waals surface area contributed by atoms with E-state index in [-0.39, 0.29) is 0 Å². The number of nitrogens with zero attached hydrogens (tertiary/aromatic N) is 1. The summed E-state index contributed by atoms with van der Waals surface area (Å²) in [4.78, 5) is 4.00. The molecular weight excluding hydrogens is 304 g/mol. The molecule has 0 fully saturated rings. The van der Waals surface area contributed by atoms with Crippen LogP contribution in [0, 0.1) is 6.92 Å². The molecule has 1 heterocycles. The van der Waals surface area contributed by atoms with Gasteiger partial charge in [0.25, 0.3) is 0 Å². The predicted octanol–water partition coefficient (Wildman–Crippen LogP) is 3.23. The highest BCUT2D eigenvalue weighted by atomic mass is 79.9. The molecule has 0 amide bonds. The molecule has 0 saturated carbocycles. The lowest BCUT2D eigenvalue weighted by molar-refractivity contribution is 0.316. The van der Waals surface area contributed by atoms with Crippen LogP contribution in [-0.4, -0.2) is 11.6 Å². The lowest BCUT2D eigenvalue weighted by Crippen LogP contribution is -2.07. The van der Waals surface area contributed by atoms with Crippen molar-refractivity contribution < 1.29 is 4.74 Å². The van der Waals surface area contributed by atoms with E-state index in [1.807, 2.05) is 31.2 Å². The summed E-state index contributed by atoms with van der Waals surface area (Å²) in [6.07, 6.45) is 4.46. The number of hydrogen-bond donors (Lipinski definition) is 1. The van der Waals surface area contributed by atoms with E-state index in [4.69, 9.17) is 10.5 Å². The average molecular weight is 321 g/mol. The van der Waals surface area contributed by atoms with Gasteiger partial charge >= 0.3 is 0 Å². The molecule has 2 rings (SSSR count). The van der Waals surface area contributed by atoms with Crippen LogP contribution in [0.25, 0.3) is 0 Å². The van der Waals surface area contributed by atoms with Crippen LogP contribution in [0.4, 0.5) is 0 Å². The number of nitrogens with two attached hydrogens (primary N) is 1. The van der Waals surface area contributed by atoms with Crippen molar-refractivity contribution >= 4 is 15.9 Å². The van der Waals surface area contributed by atoms with Gasteiger partial charge in [-0.1, -0.05) is 15.9 Å². The second-order valence-corrected chi connectivity index (χ2v) is 5.28. The van der Waals surface area contributed by atoms with Crippen LogP contribution in [0.2, 0.25) is 0 Å². The third kappa shape index (κ3) is 3.78. The minimum atomic E-state index is 0.477. The smallest absolute Gasteiger partial charge is 0.126 e. The van der Waals surface area contributed by atoms with E-state index in [1.165, 1.54) is 5.56 Å². The standard InChI is InChI=1S/C15H17BrN2O/c1-11-8-14(16)9-13(10-17)15(11)19-7-4-12-2-5-18-6-3-12/h2-3,5-6,8-9H,4,7,10,17H2,1H3. The molecular formula is C15H17BrN2O. The highest BCUT2D eigenvalue weighted by Gasteiger charge is 2.07. The van der Waals surface area contributed by atoms with Gasteiger partial charge in [0, 0.05) is 35.4 Å². The summed E-state index contributed by atoms with van der Waals surface area (Å²) in [5, 5.41) is 0. The zero-order valence-electron chi connectivity index (χ0n) is 10.9. The van der Waals surface area contributed by atoms with E-state index in [0.717, 1.165) is 27.8 Å². The predicted molar refractivity (Wildman–Crippen MR) is 80.2 cm³/mol. The Kier molecular flexibility index (Phi) is 4.93. The number of aromatic nitrogens is 1. The van der Waals surface area contributed by atoms with Crippen LogP contribution < -0.4 is 10.5 Å². The largest absolute Gasteiger partial charge is 0.493 e. The fraction of sp³-hybridized carbons (Fsp3) is 0.267. The summed E-state index contributed by atoms with van der Waals surface area (Å²) >= 11 is 3.47. The van der Waals surface area contributed by atoms with Gasteiger partial charge in [-0.3, -0.25) is 4.98 Å². The summed E-state index contributed by atoms with van der Waals surface area (Å²) in [6.45, 7) is 3.15. The molecule has 0 aliphatic carbocycles. The molecule has 1 aromatic heterocycles. The summed E-state index contributed by atoms with van der Waals surface area (Å²) in [7, 11) is 0. The first-order valence-corrected chi connectivity index (χ1v) is 7.01. The number of ether oxygens (including phenoxy) is 1. The highest BCUT2D eigenvalue weighted by molar-refractivity contribution is 9.10. The number of benzene rings is 1. The van der Waals surface area contributed by atoms with Crippen LogP contribution in [0.15, 0.2) is 41.1 Å². The Balaban J connectivity index is 2.03. The highest BCUT2D eigenvalue weighted by Crippen LogP contribution is 2.27. The fourth-order valence-corrected chi connectivity index (χ4v) is 2.60. The minimum absolute atomic E-state index is 0.477. The number of hydrogen-bond acceptors (Lipinski definition) is 3. The third-order valence-corrected chi connectivity index (χ3v) is 3.38. The van der Waals surface area contributed by atoms with Gasteiger partial charge in [0.1, 0.15) is 5.75 Å². The molecule has 0 saturated heterocycles. The number of pyridine rings is 1. The van der Waals surface area contributed by atoms with Gasteiger partial charge in [-0.25, -0.2) is 0 Å². The van der Waals surface area contributed by atoms with Gasteiger partial charge in [-0.15, -0.1) is 0 Å². The lowest BCUT2D eigenvalue weighted by atomic mass is 10.1. The fourth-order valence-electron chi connectivity index (χ4n) is 1.98. The molecule has 19 heavy (non-hydrogen) atoms. The molecule has 0 radical (unpaired) electrons. The van der Waals surface area contributed by atoms with E-state index in [0.29, 0.717) is 13.2 Å². The monoisotopic (exact) mass is 320 g/mol. The Bertz CT molecular complexity index is 543. The van der Waals surface area contributed by atoms with Gasteiger partial charge in [-0.05, 0) is 42.3 Å². The normalized spacial score (nSPS) is 10.5. The summed E-state index contributed by atoms with van der Waals surface area (Å²) in [5.41, 5.74) is 9.11. The number of aryl methyl sites for hydroxylation is 1. The molecule has 2 N–H and O–H groups in total. The Hall–Kier alpha value is -1.39. The number of rotatable bonds is 5. The zero-order chi connectivity index (χ0) is 13.7. The van der Waals surface area contributed by atoms with E-state index >= 15 is 0 Å². The molecule has 1 aromatic carbocycles. The van der Waals surface area contributed by atoms with E-state index in [9.17, 15) is 0 Å². The van der Waals surface area contributed by atoms with E-state index < -0.39 is 0 Å². The van der Waals surface area contributed by atoms with Crippen molar-refractivity contribution in [3.05, 3.63) is 57.8 Å². The lowest BCUT2D eigenvalue weighted by Gasteiger charge is -2.14. The van der Waals surface area contributed by atoms with Crippen molar-refractivity contribution in [1.29, 1.82) is 0 Å². The zero-order valence-corrected chi connectivity index (χ0v) is 12.5. The second kappa shape index (κ2) is 6.68. The third-order valence-electron chi connectivity index (χ3n) is 2.92. The maximum Gasteiger partial charge on any atom is 0.126 e. The average Bonchev–Trinajstić information content (AvgIpc) is 2.42. The Morgan fingerprint density at radius 1 is 1.26 bits per heavy atom. The van der Waals surface area contributed by atoms with Gasteiger partial charge in [0.15, 0.2) is 0 Å². The Morgan fingerprint density at radius 2 is 2.00 bits per heavy atom. The van der Waals surface area contributed by atoms with Gasteiger partial charge < -0.3 is 10.5 Å². The molecule has 4 heteroatoms. The van der Waals surface area contributed by atoms with E-state index in [2.05, 4.69) is 20.9 Å². The van der Waals surface area contributed by atoms with Gasteiger partial charge in [0.05, 0.1) is 6.61 Å². The van der Waals surface area contributed by atoms with E-state index in [1.54, 1.807) is 12.4 Å². The van der Waals surface area contributed by atoms with Crippen molar-refractivity contribution in [2.75, 3.05) is 6.61 Å². The SMILES string of the molecule is Cc1cc(Br)cc(CN)c1OCCc1ccncc1. The Labute approximate surface area is 121 Å². The van der Waals surface area contributed by atoms with Crippen molar-refractivity contribution in [1.82, 2.24) is 4.98 Å². The van der Waals surface area contributed by atoms with Crippen molar-refractivity contribution in [3.8, 4) is 5.75 Å². The maximum absolute atomic E-state index is 5.90. The van der Waals surface area contributed by atoms with Crippen molar-refractivity contribution in [2.45, 2.75) is 19.9 Å². The van der Waals surface area contributed by atoms with Crippen molar-refractivity contribution in [2.24, 2.45) is 5.73 Å². The first-order valence-electron chi connectivity index (χ1n) is 6.21. The second-order valence-electron chi connectivity index (χ2n) is 4.37. The van der Waals surface area contributed by atoms with Crippen LogP contribution in [0.1, 0.15) is 16.7 Å². The minimum Gasteiger partial charge on any atom is -0.493 e. The molecule has 0 aliphatic rings. The molecule has 0 bridgehead atoms. The first kappa shape index (κ1) is 14.0. The number of halogens is 1. The molecule has 0 unspecified atom stereocenters. The molecule has 3 nitrogen and oxygen atoms in total. The van der Waals surface area contributed by atoms with Gasteiger partial charge in [-0.2, -0.15) is 0 Å². The topological polar surface area (TPSA) is 48.1 Å². The summed E-state index contributed by atoms with van der Waals surface area (Å²) in [6, 6.07) is 8.05. The van der Waals surface area contributed by atoms with Crippen LogP contribution in [0.5, 0.6) is 5.75 Å². The van der Waals surface area contributed by atoms with Crippen LogP contribution in [0.3, 0.4) is 0 Å². The Morgan fingerprint density at radius 3 is 2.68 bits per heavy atom. The molecule has 0 spiro atoms. The van der Waals surface area contributed by atoms with Crippen molar-refractivity contribution in [3.63, 3.8) is 0 Å². The molecule has 0 atom stereocenters. The summed E-state index contributed by atoms with van der Waals surface area (Å²) < 4.78 is 6.93.